The number of aromatic nitrogens is 4. The zero-order chi connectivity index (χ0) is 18.5. The Kier molecular flexibility index (Phi) is 6.08. The van der Waals surface area contributed by atoms with Crippen LogP contribution in [0.1, 0.15) is 44.2 Å². The van der Waals surface area contributed by atoms with E-state index in [2.05, 4.69) is 74.3 Å². The fraction of sp³-hybridized carbons (Fsp3) is 0.421. The van der Waals surface area contributed by atoms with Crippen LogP contribution in [0, 0.1) is 0 Å². The maximum atomic E-state index is 6.11. The summed E-state index contributed by atoms with van der Waals surface area (Å²) in [6.07, 6.45) is 4.49. The zero-order valence-electron chi connectivity index (χ0n) is 15.3. The number of nitrogens with zero attached hydrogens (tertiary/aromatic N) is 4. The maximum absolute atomic E-state index is 6.11. The second-order valence-electron chi connectivity index (χ2n) is 6.38. The lowest BCUT2D eigenvalue weighted by atomic mass is 10.1. The molecule has 2 aromatic heterocycles. The molecule has 6 nitrogen and oxygen atoms in total. The highest BCUT2D eigenvalue weighted by Crippen LogP contribution is 2.25. The van der Waals surface area contributed by atoms with Gasteiger partial charge in [-0.1, -0.05) is 51.0 Å². The number of nitrogens with two attached hydrogens (primary N) is 1. The molecule has 26 heavy (non-hydrogen) atoms. The molecule has 0 spiro atoms. The summed E-state index contributed by atoms with van der Waals surface area (Å²) in [4.78, 5) is 13.5. The molecule has 0 saturated heterocycles. The molecule has 3 N–H and O–H groups in total. The number of nitrogens with one attached hydrogen (secondary N) is 1. The van der Waals surface area contributed by atoms with Gasteiger partial charge in [0.15, 0.2) is 21.7 Å². The minimum absolute atomic E-state index is 0.397. The van der Waals surface area contributed by atoms with Crippen molar-refractivity contribution in [2.24, 2.45) is 0 Å². The summed E-state index contributed by atoms with van der Waals surface area (Å²) in [5.74, 6) is 0.954. The summed E-state index contributed by atoms with van der Waals surface area (Å²) in [6.45, 7) is 5.85. The number of anilines is 2. The van der Waals surface area contributed by atoms with E-state index >= 15 is 0 Å². The van der Waals surface area contributed by atoms with E-state index in [4.69, 9.17) is 5.73 Å². The van der Waals surface area contributed by atoms with Crippen molar-refractivity contribution in [2.45, 2.75) is 46.1 Å². The number of imidazole rings is 1. The van der Waals surface area contributed by atoms with E-state index in [-0.39, 0.29) is 0 Å². The molecule has 0 aliphatic heterocycles. The molecule has 0 fully saturated rings. The molecule has 0 amide bonds. The predicted octanol–water partition coefficient (Wildman–Crippen LogP) is 4.38. The lowest BCUT2D eigenvalue weighted by Crippen LogP contribution is -2.09. The minimum atomic E-state index is 0.397. The van der Waals surface area contributed by atoms with Crippen LogP contribution in [0.15, 0.2) is 29.0 Å². The molecule has 0 unspecified atom stereocenters. The van der Waals surface area contributed by atoms with E-state index in [0.29, 0.717) is 28.6 Å². The van der Waals surface area contributed by atoms with Crippen molar-refractivity contribution >= 4 is 38.9 Å². The monoisotopic (exact) mass is 416 g/mol. The first-order valence-electron chi connectivity index (χ1n) is 9.13. The molecule has 0 aliphatic rings. The second-order valence-corrected chi connectivity index (χ2v) is 7.08. The Bertz CT molecular complexity index is 872. The number of fused-ring (bicyclic) bond motifs is 1. The molecular formula is C19H25BrN6. The molecule has 0 atom stereocenters. The highest BCUT2D eigenvalue weighted by molar-refractivity contribution is 9.10. The number of nitrogen functional groups attached to an aromatic ring is 1. The first kappa shape index (κ1) is 18.6. The number of hydrogen-bond acceptors (Lipinski definition) is 5. The molecule has 7 heteroatoms. The summed E-state index contributed by atoms with van der Waals surface area (Å²) in [7, 11) is 0. The van der Waals surface area contributed by atoms with Gasteiger partial charge in [-0.2, -0.15) is 9.97 Å². The number of benzene rings is 1. The summed E-state index contributed by atoms with van der Waals surface area (Å²) < 4.78 is 2.72. The fourth-order valence-corrected chi connectivity index (χ4v) is 3.32. The smallest absolute Gasteiger partial charge is 0.226 e. The van der Waals surface area contributed by atoms with E-state index in [1.807, 2.05) is 4.57 Å². The Hall–Kier alpha value is -2.15. The summed E-state index contributed by atoms with van der Waals surface area (Å²) >= 11 is 3.54. The van der Waals surface area contributed by atoms with Crippen molar-refractivity contribution in [3.63, 3.8) is 0 Å². The maximum Gasteiger partial charge on any atom is 0.226 e. The van der Waals surface area contributed by atoms with Gasteiger partial charge in [-0.25, -0.2) is 4.98 Å². The standard InChI is InChI=1S/C19H25BrN6/c1-3-5-6-11-22-19-24-16(21)15-17(25-19)26(18(20)23-15)12-14-9-7-13(4-2)8-10-14/h7-10H,3-6,11-12H2,1-2H3,(H3,21,22,24,25). The van der Waals surface area contributed by atoms with E-state index in [0.717, 1.165) is 25.0 Å². The SMILES string of the molecule is CCCCCNc1nc(N)c2nc(Br)n(Cc3ccc(CC)cc3)c2n1. The number of aryl methyl sites for hydroxylation is 1. The topological polar surface area (TPSA) is 81.6 Å². The fourth-order valence-electron chi connectivity index (χ4n) is 2.85. The molecular weight excluding hydrogens is 392 g/mol. The van der Waals surface area contributed by atoms with Gasteiger partial charge in [-0.05, 0) is 39.9 Å². The Labute approximate surface area is 162 Å². The van der Waals surface area contributed by atoms with E-state index in [1.165, 1.54) is 24.0 Å². The number of rotatable bonds is 8. The Morgan fingerprint density at radius 3 is 2.46 bits per heavy atom. The van der Waals surface area contributed by atoms with Gasteiger partial charge in [0.05, 0.1) is 6.54 Å². The van der Waals surface area contributed by atoms with E-state index < -0.39 is 0 Å². The van der Waals surface area contributed by atoms with E-state index in [9.17, 15) is 0 Å². The van der Waals surface area contributed by atoms with Gasteiger partial charge in [0, 0.05) is 6.54 Å². The third-order valence-corrected chi connectivity index (χ3v) is 5.02. The predicted molar refractivity (Wildman–Crippen MR) is 110 cm³/mol. The van der Waals surface area contributed by atoms with Gasteiger partial charge in [-0.3, -0.25) is 4.57 Å². The zero-order valence-corrected chi connectivity index (χ0v) is 16.9. The highest BCUT2D eigenvalue weighted by Gasteiger charge is 2.15. The second kappa shape index (κ2) is 8.49. The molecule has 2 heterocycles. The molecule has 1 aromatic carbocycles. The summed E-state index contributed by atoms with van der Waals surface area (Å²) in [5.41, 5.74) is 10.00. The summed E-state index contributed by atoms with van der Waals surface area (Å²) in [5, 5.41) is 3.27. The molecule has 0 bridgehead atoms. The molecule has 138 valence electrons. The van der Waals surface area contributed by atoms with Crippen molar-refractivity contribution in [1.29, 1.82) is 0 Å². The van der Waals surface area contributed by atoms with Crippen LogP contribution in [0.3, 0.4) is 0 Å². The number of halogens is 1. The van der Waals surface area contributed by atoms with Gasteiger partial charge in [-0.15, -0.1) is 0 Å². The Morgan fingerprint density at radius 1 is 1.04 bits per heavy atom. The number of hydrogen-bond donors (Lipinski definition) is 2. The van der Waals surface area contributed by atoms with Crippen LogP contribution < -0.4 is 11.1 Å². The van der Waals surface area contributed by atoms with Crippen LogP contribution in [0.2, 0.25) is 0 Å². The normalized spacial score (nSPS) is 11.2. The van der Waals surface area contributed by atoms with E-state index in [1.54, 1.807) is 0 Å². The quantitative estimate of drug-likeness (QED) is 0.420. The van der Waals surface area contributed by atoms with Crippen LogP contribution in [-0.4, -0.2) is 26.1 Å². The third kappa shape index (κ3) is 4.15. The largest absolute Gasteiger partial charge is 0.382 e. The number of unbranched alkanes of at least 4 members (excludes halogenated alkanes) is 2. The lowest BCUT2D eigenvalue weighted by molar-refractivity contribution is 0.740. The Morgan fingerprint density at radius 2 is 1.77 bits per heavy atom. The molecule has 0 radical (unpaired) electrons. The third-order valence-electron chi connectivity index (χ3n) is 4.41. The average molecular weight is 417 g/mol. The van der Waals surface area contributed by atoms with Crippen LogP contribution in [0.4, 0.5) is 11.8 Å². The van der Waals surface area contributed by atoms with Crippen LogP contribution in [0.5, 0.6) is 0 Å². The first-order valence-corrected chi connectivity index (χ1v) is 9.92. The van der Waals surface area contributed by atoms with Gasteiger partial charge < -0.3 is 11.1 Å². The lowest BCUT2D eigenvalue weighted by Gasteiger charge is -2.09. The Balaban J connectivity index is 1.88. The molecule has 0 aliphatic carbocycles. The van der Waals surface area contributed by atoms with Crippen molar-refractivity contribution in [2.75, 3.05) is 17.6 Å². The van der Waals surface area contributed by atoms with Crippen LogP contribution in [0.25, 0.3) is 11.2 Å². The minimum Gasteiger partial charge on any atom is -0.382 e. The van der Waals surface area contributed by atoms with Crippen molar-refractivity contribution < 1.29 is 0 Å². The average Bonchev–Trinajstić information content (AvgIpc) is 2.96. The van der Waals surface area contributed by atoms with Crippen molar-refractivity contribution in [1.82, 2.24) is 19.5 Å². The van der Waals surface area contributed by atoms with Crippen molar-refractivity contribution in [3.05, 3.63) is 40.1 Å². The molecule has 3 aromatic rings. The molecule has 3 rings (SSSR count). The first-order chi connectivity index (χ1) is 12.6. The highest BCUT2D eigenvalue weighted by atomic mass is 79.9. The van der Waals surface area contributed by atoms with Gasteiger partial charge in [0.25, 0.3) is 0 Å². The summed E-state index contributed by atoms with van der Waals surface area (Å²) in [6, 6.07) is 8.61. The van der Waals surface area contributed by atoms with Gasteiger partial charge >= 0.3 is 0 Å². The van der Waals surface area contributed by atoms with Gasteiger partial charge in [0.2, 0.25) is 5.95 Å². The van der Waals surface area contributed by atoms with Crippen molar-refractivity contribution in [3.8, 4) is 0 Å². The van der Waals surface area contributed by atoms with Gasteiger partial charge in [0.1, 0.15) is 0 Å². The van der Waals surface area contributed by atoms with Crippen LogP contribution in [-0.2, 0) is 13.0 Å². The molecule has 0 saturated carbocycles. The van der Waals surface area contributed by atoms with Crippen LogP contribution >= 0.6 is 15.9 Å².